The molecule has 40 heavy (non-hydrogen) atoms. The van der Waals surface area contributed by atoms with Crippen LogP contribution in [0.4, 0.5) is 5.69 Å². The van der Waals surface area contributed by atoms with Gasteiger partial charge < -0.3 is 15.4 Å². The summed E-state index contributed by atoms with van der Waals surface area (Å²) in [5.74, 6) is 0.0283. The average Bonchev–Trinajstić information content (AvgIpc) is 3.42. The van der Waals surface area contributed by atoms with Crippen molar-refractivity contribution >= 4 is 23.3 Å². The maximum Gasteiger partial charge on any atom is 0.248 e. The van der Waals surface area contributed by atoms with Gasteiger partial charge in [-0.2, -0.15) is 5.10 Å². The zero-order chi connectivity index (χ0) is 28.8. The molecule has 0 radical (unpaired) electrons. The van der Waals surface area contributed by atoms with Crippen LogP contribution in [-0.4, -0.2) is 40.5 Å². The zero-order valence-electron chi connectivity index (χ0n) is 23.0. The third-order valence-electron chi connectivity index (χ3n) is 7.10. The zero-order valence-corrected chi connectivity index (χ0v) is 23.0. The second-order valence-electron chi connectivity index (χ2n) is 9.80. The molecule has 0 aliphatic carbocycles. The number of hydrogen-bond donors (Lipinski definition) is 1. The minimum absolute atomic E-state index is 0.00366. The molecule has 1 aliphatic heterocycles. The highest BCUT2D eigenvalue weighted by Gasteiger charge is 2.29. The minimum Gasteiger partial charge on any atom is -0.494 e. The molecule has 0 fully saturated rings. The van der Waals surface area contributed by atoms with Crippen LogP contribution in [0.5, 0.6) is 0 Å². The van der Waals surface area contributed by atoms with Gasteiger partial charge in [0.05, 0.1) is 25.0 Å². The van der Waals surface area contributed by atoms with Crippen molar-refractivity contribution in [1.29, 1.82) is 0 Å². The van der Waals surface area contributed by atoms with E-state index in [0.29, 0.717) is 48.7 Å². The Morgan fingerprint density at radius 3 is 2.70 bits per heavy atom. The topological polar surface area (TPSA) is 108 Å². The molecule has 1 aromatic heterocycles. The van der Waals surface area contributed by atoms with E-state index >= 15 is 0 Å². The third kappa shape index (κ3) is 6.29. The van der Waals surface area contributed by atoms with Gasteiger partial charge in [0.1, 0.15) is 5.76 Å². The van der Waals surface area contributed by atoms with Crippen molar-refractivity contribution in [3.8, 4) is 11.1 Å². The van der Waals surface area contributed by atoms with Gasteiger partial charge in [-0.1, -0.05) is 43.5 Å². The van der Waals surface area contributed by atoms with E-state index in [1.54, 1.807) is 40.1 Å². The maximum absolute atomic E-state index is 13.2. The van der Waals surface area contributed by atoms with E-state index in [2.05, 4.69) is 18.3 Å². The van der Waals surface area contributed by atoms with Crippen molar-refractivity contribution in [2.75, 3.05) is 18.1 Å². The number of fused-ring (bicyclic) bond motifs is 1. The molecular weight excluding hydrogens is 504 g/mol. The number of carbonyl (C=O) groups excluding carboxylic acids is 3. The second-order valence-corrected chi connectivity index (χ2v) is 9.80. The summed E-state index contributed by atoms with van der Waals surface area (Å²) < 4.78 is 7.48. The number of ether oxygens (including phenoxy) is 1. The van der Waals surface area contributed by atoms with Crippen molar-refractivity contribution in [2.24, 2.45) is 5.73 Å². The first-order valence-electron chi connectivity index (χ1n) is 13.2. The number of ketones is 1. The van der Waals surface area contributed by atoms with Crippen LogP contribution in [-0.2, 0) is 16.1 Å². The third-order valence-corrected chi connectivity index (χ3v) is 7.10. The molecule has 0 atom stereocenters. The van der Waals surface area contributed by atoms with E-state index in [4.69, 9.17) is 10.5 Å². The summed E-state index contributed by atoms with van der Waals surface area (Å²) in [6, 6.07) is 12.6. The summed E-state index contributed by atoms with van der Waals surface area (Å²) in [7, 11) is 0. The first kappa shape index (κ1) is 28.3. The number of nitrogens with zero attached hydrogens (tertiary/aromatic N) is 3. The van der Waals surface area contributed by atoms with E-state index in [1.807, 2.05) is 44.3 Å². The molecule has 2 amide bonds. The van der Waals surface area contributed by atoms with Crippen molar-refractivity contribution in [1.82, 2.24) is 9.78 Å². The SMILES string of the molecule is C=C/C(C)=C(/C)C(=C)OCCCC(=O)N1CCC(=O)c2c(-c3cnn(Cc4cccc(C(N)=O)c4)c3)cccc21. The van der Waals surface area contributed by atoms with Gasteiger partial charge >= 0.3 is 0 Å². The number of rotatable bonds is 11. The number of hydrogen-bond acceptors (Lipinski definition) is 5. The Labute approximate surface area is 234 Å². The second kappa shape index (κ2) is 12.4. The number of anilines is 1. The van der Waals surface area contributed by atoms with E-state index in [0.717, 1.165) is 27.8 Å². The van der Waals surface area contributed by atoms with E-state index < -0.39 is 5.91 Å². The highest BCUT2D eigenvalue weighted by molar-refractivity contribution is 6.12. The van der Waals surface area contributed by atoms with Crippen LogP contribution in [0.3, 0.4) is 0 Å². The summed E-state index contributed by atoms with van der Waals surface area (Å²) in [5.41, 5.74) is 11.3. The Morgan fingerprint density at radius 1 is 1.18 bits per heavy atom. The van der Waals surface area contributed by atoms with Crippen LogP contribution in [0.2, 0.25) is 0 Å². The monoisotopic (exact) mass is 538 g/mol. The van der Waals surface area contributed by atoms with Gasteiger partial charge in [0.2, 0.25) is 11.8 Å². The quantitative estimate of drug-likeness (QED) is 0.198. The number of amides is 2. The Morgan fingerprint density at radius 2 is 1.95 bits per heavy atom. The van der Waals surface area contributed by atoms with E-state index in [-0.39, 0.29) is 24.5 Å². The Bertz CT molecular complexity index is 1510. The van der Waals surface area contributed by atoms with Crippen LogP contribution in [0.15, 0.2) is 91.0 Å². The van der Waals surface area contributed by atoms with E-state index in [1.165, 1.54) is 0 Å². The van der Waals surface area contributed by atoms with Crippen LogP contribution < -0.4 is 10.6 Å². The number of aromatic nitrogens is 2. The molecule has 0 saturated heterocycles. The summed E-state index contributed by atoms with van der Waals surface area (Å²) in [6.45, 7) is 12.7. The van der Waals surface area contributed by atoms with Gasteiger partial charge in [0, 0.05) is 42.3 Å². The van der Waals surface area contributed by atoms with Crippen molar-refractivity contribution in [2.45, 2.75) is 39.7 Å². The molecule has 8 heteroatoms. The Kier molecular flexibility index (Phi) is 8.79. The fourth-order valence-electron chi connectivity index (χ4n) is 4.65. The molecule has 1 aliphatic rings. The molecule has 0 spiro atoms. The number of allylic oxidation sites excluding steroid dienone is 3. The molecule has 0 unspecified atom stereocenters. The smallest absolute Gasteiger partial charge is 0.248 e. The number of Topliss-reactive ketones (excluding diaryl/α,β-unsaturated/α-hetero) is 1. The lowest BCUT2D eigenvalue weighted by Gasteiger charge is -2.30. The molecule has 0 bridgehead atoms. The van der Waals surface area contributed by atoms with Gasteiger partial charge in [-0.25, -0.2) is 0 Å². The highest BCUT2D eigenvalue weighted by Crippen LogP contribution is 2.36. The highest BCUT2D eigenvalue weighted by atomic mass is 16.5. The van der Waals surface area contributed by atoms with Gasteiger partial charge in [0.15, 0.2) is 5.78 Å². The van der Waals surface area contributed by atoms with Gasteiger partial charge in [-0.15, -0.1) is 0 Å². The number of primary amides is 1. The van der Waals surface area contributed by atoms with Gasteiger partial charge in [-0.05, 0) is 60.7 Å². The molecule has 206 valence electrons. The molecule has 0 saturated carbocycles. The Hall–Kier alpha value is -4.72. The largest absolute Gasteiger partial charge is 0.494 e. The summed E-state index contributed by atoms with van der Waals surface area (Å²) in [5, 5.41) is 4.46. The van der Waals surface area contributed by atoms with Crippen LogP contribution in [0.1, 0.15) is 59.4 Å². The number of nitrogens with two attached hydrogens (primary N) is 1. The fraction of sp³-hybridized carbons (Fsp3) is 0.250. The van der Waals surface area contributed by atoms with Gasteiger partial charge in [0.25, 0.3) is 0 Å². The molecule has 2 heterocycles. The van der Waals surface area contributed by atoms with E-state index in [9.17, 15) is 14.4 Å². The molecule has 2 aromatic carbocycles. The predicted octanol–water partition coefficient (Wildman–Crippen LogP) is 5.45. The molecule has 3 aromatic rings. The molecule has 4 rings (SSSR count). The maximum atomic E-state index is 13.2. The standard InChI is InChI=1S/C32H34N4O4/c1-5-21(2)22(3)23(4)40-16-8-13-30(38)36-15-14-29(37)31-27(11-7-12-28(31)36)26-18-34-35(20-26)19-24-9-6-10-25(17-24)32(33)39/h5-7,9-12,17-18,20H,1,4,8,13-16,19H2,2-3H3,(H2,33,39)/b22-21-. The molecule has 8 nitrogen and oxygen atoms in total. The van der Waals surface area contributed by atoms with Crippen molar-refractivity contribution in [3.05, 3.63) is 108 Å². The van der Waals surface area contributed by atoms with Crippen LogP contribution >= 0.6 is 0 Å². The van der Waals surface area contributed by atoms with Gasteiger partial charge in [-0.3, -0.25) is 19.1 Å². The molecule has 2 N–H and O–H groups in total. The summed E-state index contributed by atoms with van der Waals surface area (Å²) in [6.07, 6.45) is 6.39. The van der Waals surface area contributed by atoms with Crippen molar-refractivity contribution < 1.29 is 19.1 Å². The lowest BCUT2D eigenvalue weighted by Crippen LogP contribution is -2.37. The average molecular weight is 539 g/mol. The summed E-state index contributed by atoms with van der Waals surface area (Å²) in [4.78, 5) is 39.5. The lowest BCUT2D eigenvalue weighted by atomic mass is 9.92. The Balaban J connectivity index is 1.47. The normalized spacial score (nSPS) is 13.3. The lowest BCUT2D eigenvalue weighted by molar-refractivity contribution is -0.118. The molecular formula is C32H34N4O4. The number of carbonyl (C=O) groups is 3. The van der Waals surface area contributed by atoms with Crippen LogP contribution in [0.25, 0.3) is 11.1 Å². The first-order valence-corrected chi connectivity index (χ1v) is 13.2. The summed E-state index contributed by atoms with van der Waals surface area (Å²) >= 11 is 0. The van der Waals surface area contributed by atoms with Crippen molar-refractivity contribution in [3.63, 3.8) is 0 Å². The fourth-order valence-corrected chi connectivity index (χ4v) is 4.65. The predicted molar refractivity (Wildman–Crippen MR) is 156 cm³/mol. The first-order chi connectivity index (χ1) is 19.2. The van der Waals surface area contributed by atoms with Crippen LogP contribution in [0, 0.1) is 0 Å². The number of benzene rings is 2. The minimum atomic E-state index is -0.486.